The third-order valence-electron chi connectivity index (χ3n) is 5.70. The molecule has 1 saturated heterocycles. The fourth-order valence-corrected chi connectivity index (χ4v) is 3.93. The number of ether oxygens (including phenoxy) is 1. The lowest BCUT2D eigenvalue weighted by Gasteiger charge is -2.29. The molecule has 0 aliphatic carbocycles. The maximum Gasteiger partial charge on any atom is 0.185 e. The Bertz CT molecular complexity index is 1310. The summed E-state index contributed by atoms with van der Waals surface area (Å²) in [4.78, 5) is 19.0. The lowest BCUT2D eigenvalue weighted by atomic mass is 10.1. The van der Waals surface area contributed by atoms with Gasteiger partial charge < -0.3 is 9.64 Å². The number of carbonyl (C=O) groups excluding carboxylic acids is 1. The number of allylic oxidation sites excluding steroid dienone is 1. The Kier molecular flexibility index (Phi) is 6.27. The summed E-state index contributed by atoms with van der Waals surface area (Å²) in [5.41, 5.74) is 3.99. The zero-order chi connectivity index (χ0) is 23.3. The number of para-hydroxylation sites is 1. The molecule has 0 bridgehead atoms. The summed E-state index contributed by atoms with van der Waals surface area (Å²) in [5, 5.41) is 4.72. The topological polar surface area (TPSA) is 60.2 Å². The second kappa shape index (κ2) is 9.80. The Morgan fingerprint density at radius 3 is 2.59 bits per heavy atom. The van der Waals surface area contributed by atoms with Crippen LogP contribution in [0.5, 0.6) is 0 Å². The molecule has 0 spiro atoms. The van der Waals surface area contributed by atoms with E-state index < -0.39 is 5.82 Å². The van der Waals surface area contributed by atoms with Gasteiger partial charge in [-0.25, -0.2) is 9.07 Å². The first-order chi connectivity index (χ1) is 16.7. The maximum atomic E-state index is 14.8. The van der Waals surface area contributed by atoms with Gasteiger partial charge in [0.2, 0.25) is 0 Å². The van der Waals surface area contributed by atoms with Gasteiger partial charge in [-0.3, -0.25) is 9.78 Å². The second-order valence-corrected chi connectivity index (χ2v) is 7.92. The number of rotatable bonds is 6. The van der Waals surface area contributed by atoms with Gasteiger partial charge in [0.05, 0.1) is 24.6 Å². The van der Waals surface area contributed by atoms with Crippen molar-refractivity contribution in [1.82, 2.24) is 14.8 Å². The summed E-state index contributed by atoms with van der Waals surface area (Å²) in [6.45, 7) is 2.40. The molecule has 170 valence electrons. The molecule has 7 heteroatoms. The second-order valence-electron chi connectivity index (χ2n) is 7.92. The molecule has 0 radical (unpaired) electrons. The maximum absolute atomic E-state index is 14.8. The minimum absolute atomic E-state index is 0.281. The van der Waals surface area contributed by atoms with E-state index in [-0.39, 0.29) is 5.78 Å². The van der Waals surface area contributed by atoms with Crippen molar-refractivity contribution in [3.63, 3.8) is 0 Å². The predicted molar refractivity (Wildman–Crippen MR) is 130 cm³/mol. The number of aromatic nitrogens is 3. The van der Waals surface area contributed by atoms with Gasteiger partial charge in [-0.05, 0) is 54.6 Å². The number of ketones is 1. The van der Waals surface area contributed by atoms with E-state index >= 15 is 0 Å². The van der Waals surface area contributed by atoms with Crippen LogP contribution in [0.25, 0.3) is 23.0 Å². The number of hydrogen-bond acceptors (Lipinski definition) is 5. The van der Waals surface area contributed by atoms with Gasteiger partial charge in [0.1, 0.15) is 11.5 Å². The molecule has 1 fully saturated rings. The lowest BCUT2D eigenvalue weighted by Crippen LogP contribution is -2.36. The molecule has 34 heavy (non-hydrogen) atoms. The van der Waals surface area contributed by atoms with Crippen LogP contribution >= 0.6 is 0 Å². The van der Waals surface area contributed by atoms with Gasteiger partial charge in [-0.15, -0.1) is 0 Å². The fourth-order valence-electron chi connectivity index (χ4n) is 3.93. The van der Waals surface area contributed by atoms with Crippen molar-refractivity contribution < 1.29 is 13.9 Å². The van der Waals surface area contributed by atoms with E-state index in [0.29, 0.717) is 43.2 Å². The Hall–Kier alpha value is -4.10. The third-order valence-corrected chi connectivity index (χ3v) is 5.70. The summed E-state index contributed by atoms with van der Waals surface area (Å²) in [5.74, 6) is -0.689. The van der Waals surface area contributed by atoms with Crippen LogP contribution in [0, 0.1) is 5.82 Å². The molecule has 5 rings (SSSR count). The van der Waals surface area contributed by atoms with Crippen LogP contribution in [0.1, 0.15) is 15.9 Å². The fraction of sp³-hybridized carbons (Fsp3) is 0.148. The van der Waals surface area contributed by atoms with E-state index in [1.165, 1.54) is 12.1 Å². The minimum atomic E-state index is -0.408. The number of hydrogen-bond donors (Lipinski definition) is 0. The van der Waals surface area contributed by atoms with Gasteiger partial charge in [0, 0.05) is 48.4 Å². The lowest BCUT2D eigenvalue weighted by molar-refractivity contribution is 0.104. The highest BCUT2D eigenvalue weighted by molar-refractivity contribution is 6.07. The Morgan fingerprint density at radius 2 is 1.85 bits per heavy atom. The highest BCUT2D eigenvalue weighted by Gasteiger charge is 2.17. The first-order valence-corrected chi connectivity index (χ1v) is 11.1. The number of benzene rings is 2. The SMILES string of the molecule is O=C(/C=C/c1cn(-c2ccccc2)nc1-c1cccnc1)c1ccc(N2CCOCC2)c(F)c1. The molecule has 1 aliphatic rings. The number of halogens is 1. The van der Waals surface area contributed by atoms with E-state index in [1.54, 1.807) is 35.3 Å². The zero-order valence-electron chi connectivity index (χ0n) is 18.5. The van der Waals surface area contributed by atoms with Crippen molar-refractivity contribution in [2.24, 2.45) is 0 Å². The van der Waals surface area contributed by atoms with Crippen LogP contribution in [0.2, 0.25) is 0 Å². The monoisotopic (exact) mass is 454 g/mol. The van der Waals surface area contributed by atoms with Crippen molar-refractivity contribution >= 4 is 17.5 Å². The molecule has 2 aromatic carbocycles. The zero-order valence-corrected chi connectivity index (χ0v) is 18.5. The van der Waals surface area contributed by atoms with Crippen LogP contribution < -0.4 is 4.90 Å². The molecule has 0 saturated carbocycles. The number of anilines is 1. The van der Waals surface area contributed by atoms with Crippen LogP contribution in [-0.4, -0.2) is 46.9 Å². The molecule has 3 heterocycles. The first kappa shape index (κ1) is 21.7. The Labute approximate surface area is 196 Å². The van der Waals surface area contributed by atoms with Gasteiger partial charge in [0.25, 0.3) is 0 Å². The van der Waals surface area contributed by atoms with Gasteiger partial charge >= 0.3 is 0 Å². The van der Waals surface area contributed by atoms with E-state index in [0.717, 1.165) is 16.8 Å². The number of morpholine rings is 1. The smallest absolute Gasteiger partial charge is 0.185 e. The third kappa shape index (κ3) is 4.65. The molecule has 2 aromatic heterocycles. The highest BCUT2D eigenvalue weighted by Crippen LogP contribution is 2.25. The number of pyridine rings is 1. The van der Waals surface area contributed by atoms with E-state index in [1.807, 2.05) is 53.6 Å². The molecule has 4 aromatic rings. The summed E-state index contributed by atoms with van der Waals surface area (Å²) in [6.07, 6.45) is 8.46. The summed E-state index contributed by atoms with van der Waals surface area (Å²) in [7, 11) is 0. The summed E-state index contributed by atoms with van der Waals surface area (Å²) < 4.78 is 21.9. The molecular weight excluding hydrogens is 431 g/mol. The summed E-state index contributed by atoms with van der Waals surface area (Å²) >= 11 is 0. The quantitative estimate of drug-likeness (QED) is 0.309. The average Bonchev–Trinajstić information content (AvgIpc) is 3.33. The Balaban J connectivity index is 1.42. The summed E-state index contributed by atoms with van der Waals surface area (Å²) in [6, 6.07) is 18.1. The van der Waals surface area contributed by atoms with E-state index in [4.69, 9.17) is 9.84 Å². The molecule has 6 nitrogen and oxygen atoms in total. The molecular formula is C27H23FN4O2. The van der Waals surface area contributed by atoms with Crippen molar-refractivity contribution in [2.75, 3.05) is 31.2 Å². The van der Waals surface area contributed by atoms with Gasteiger partial charge in [-0.2, -0.15) is 5.10 Å². The molecule has 0 atom stereocenters. The minimum Gasteiger partial charge on any atom is -0.378 e. The average molecular weight is 455 g/mol. The van der Waals surface area contributed by atoms with Gasteiger partial charge in [0.15, 0.2) is 5.78 Å². The number of carbonyl (C=O) groups is 1. The van der Waals surface area contributed by atoms with E-state index in [2.05, 4.69) is 4.98 Å². The van der Waals surface area contributed by atoms with E-state index in [9.17, 15) is 9.18 Å². The standard InChI is InChI=1S/C27H23FN4O2/c28-24-17-20(8-10-25(24)31-13-15-34-16-14-31)26(33)11-9-22-19-32(23-6-2-1-3-7-23)30-27(22)21-5-4-12-29-18-21/h1-12,17-19H,13-16H2/b11-9+. The largest absolute Gasteiger partial charge is 0.378 e. The number of nitrogens with zero attached hydrogens (tertiary/aromatic N) is 4. The van der Waals surface area contributed by atoms with Crippen LogP contribution in [-0.2, 0) is 4.74 Å². The molecule has 1 aliphatic heterocycles. The van der Waals surface area contributed by atoms with Crippen molar-refractivity contribution in [1.29, 1.82) is 0 Å². The normalized spacial score (nSPS) is 14.0. The van der Waals surface area contributed by atoms with Crippen molar-refractivity contribution in [3.05, 3.63) is 102 Å². The molecule has 0 N–H and O–H groups in total. The van der Waals surface area contributed by atoms with Crippen molar-refractivity contribution in [2.45, 2.75) is 0 Å². The van der Waals surface area contributed by atoms with Crippen molar-refractivity contribution in [3.8, 4) is 16.9 Å². The molecule has 0 amide bonds. The van der Waals surface area contributed by atoms with Crippen LogP contribution in [0.15, 0.2) is 85.3 Å². The first-order valence-electron chi connectivity index (χ1n) is 11.1. The van der Waals surface area contributed by atoms with Crippen LogP contribution in [0.4, 0.5) is 10.1 Å². The van der Waals surface area contributed by atoms with Crippen LogP contribution in [0.3, 0.4) is 0 Å². The highest BCUT2D eigenvalue weighted by atomic mass is 19.1. The predicted octanol–water partition coefficient (Wildman–Crippen LogP) is 4.81. The molecule has 0 unspecified atom stereocenters. The van der Waals surface area contributed by atoms with Gasteiger partial charge in [-0.1, -0.05) is 18.2 Å². The Morgan fingerprint density at radius 1 is 1.03 bits per heavy atom.